The highest BCUT2D eigenvalue weighted by molar-refractivity contribution is 5.85. The molecule has 0 bridgehead atoms. The van der Waals surface area contributed by atoms with Crippen LogP contribution in [0.3, 0.4) is 0 Å². The average Bonchev–Trinajstić information content (AvgIpc) is 2.36. The van der Waals surface area contributed by atoms with Crippen LogP contribution in [0.2, 0.25) is 0 Å². The van der Waals surface area contributed by atoms with E-state index in [1.54, 1.807) is 0 Å². The number of aliphatic hydroxyl groups excluding tert-OH is 2. The first kappa shape index (κ1) is 16.9. The van der Waals surface area contributed by atoms with Gasteiger partial charge >= 0.3 is 11.9 Å². The molecule has 2 N–H and O–H groups in total. The summed E-state index contributed by atoms with van der Waals surface area (Å²) in [5.41, 5.74) is -2.40. The van der Waals surface area contributed by atoms with Gasteiger partial charge in [-0.1, -0.05) is 6.92 Å². The van der Waals surface area contributed by atoms with Crippen LogP contribution >= 0.6 is 0 Å². The normalized spacial score (nSPS) is 13.9. The smallest absolute Gasteiger partial charge is 0.312 e. The number of carbonyl (C=O) groups excluding carboxylic acids is 2. The zero-order valence-electron chi connectivity index (χ0n) is 11.5. The summed E-state index contributed by atoms with van der Waals surface area (Å²) in [7, 11) is 2.41. The third kappa shape index (κ3) is 3.00. The molecular weight excluding hydrogens is 240 g/mol. The maximum absolute atomic E-state index is 11.9. The first-order valence-corrected chi connectivity index (χ1v) is 5.59. The number of rotatable bonds is 6. The molecule has 0 aliphatic rings. The molecule has 18 heavy (non-hydrogen) atoms. The van der Waals surface area contributed by atoms with Crippen LogP contribution in [0, 0.1) is 16.7 Å². The van der Waals surface area contributed by atoms with E-state index in [0.29, 0.717) is 0 Å². The van der Waals surface area contributed by atoms with Gasteiger partial charge in [0.2, 0.25) is 0 Å². The molecule has 0 heterocycles. The van der Waals surface area contributed by atoms with Gasteiger partial charge in [0, 0.05) is 5.41 Å². The Morgan fingerprint density at radius 2 is 1.50 bits per heavy atom. The van der Waals surface area contributed by atoms with Crippen LogP contribution in [0.4, 0.5) is 0 Å². The fourth-order valence-electron chi connectivity index (χ4n) is 2.18. The Balaban J connectivity index is 5.64. The number of esters is 2. The van der Waals surface area contributed by atoms with Crippen molar-refractivity contribution in [1.29, 1.82) is 0 Å². The second kappa shape index (κ2) is 6.15. The molecule has 0 saturated heterocycles. The Kier molecular flexibility index (Phi) is 5.76. The summed E-state index contributed by atoms with van der Waals surface area (Å²) in [5.74, 6) is -2.29. The first-order valence-electron chi connectivity index (χ1n) is 5.59. The van der Waals surface area contributed by atoms with Crippen molar-refractivity contribution in [2.24, 2.45) is 16.7 Å². The molecule has 1 unspecified atom stereocenters. The van der Waals surface area contributed by atoms with Gasteiger partial charge in [-0.3, -0.25) is 9.59 Å². The van der Waals surface area contributed by atoms with Crippen molar-refractivity contribution in [2.45, 2.75) is 20.8 Å². The van der Waals surface area contributed by atoms with Gasteiger partial charge < -0.3 is 19.7 Å². The molecule has 106 valence electrons. The fraction of sp³-hybridized carbons (Fsp3) is 0.833. The number of hydrogen-bond acceptors (Lipinski definition) is 6. The molecule has 6 nitrogen and oxygen atoms in total. The Morgan fingerprint density at radius 1 is 1.06 bits per heavy atom. The molecule has 6 heteroatoms. The molecule has 0 fully saturated rings. The van der Waals surface area contributed by atoms with Gasteiger partial charge in [-0.2, -0.15) is 0 Å². The number of methoxy groups -OCH3 is 2. The Bertz CT molecular complexity index is 306. The van der Waals surface area contributed by atoms with Gasteiger partial charge in [0.25, 0.3) is 0 Å². The number of carbonyl (C=O) groups is 2. The predicted molar refractivity (Wildman–Crippen MR) is 63.6 cm³/mol. The lowest BCUT2D eigenvalue weighted by Crippen LogP contribution is -2.51. The standard InChI is InChI=1S/C12H22O6/c1-11(2,10(16)18-5)8(9(15)17-4)12(3,6-13)7-14/h8,13-14H,6-7H2,1-5H3. The summed E-state index contributed by atoms with van der Waals surface area (Å²) >= 11 is 0. The highest BCUT2D eigenvalue weighted by Crippen LogP contribution is 2.41. The second-order valence-corrected chi connectivity index (χ2v) is 5.14. The van der Waals surface area contributed by atoms with Crippen molar-refractivity contribution < 1.29 is 29.3 Å². The van der Waals surface area contributed by atoms with Crippen molar-refractivity contribution in [3.05, 3.63) is 0 Å². The molecule has 1 atom stereocenters. The quantitative estimate of drug-likeness (QED) is 0.653. The summed E-state index contributed by atoms with van der Waals surface area (Å²) in [5, 5.41) is 18.8. The maximum Gasteiger partial charge on any atom is 0.312 e. The van der Waals surface area contributed by atoms with Crippen molar-refractivity contribution in [1.82, 2.24) is 0 Å². The van der Waals surface area contributed by atoms with Crippen molar-refractivity contribution in [3.63, 3.8) is 0 Å². The molecule has 0 spiro atoms. The summed E-state index contributed by atoms with van der Waals surface area (Å²) in [6.07, 6.45) is 0. The summed E-state index contributed by atoms with van der Waals surface area (Å²) in [4.78, 5) is 23.7. The largest absolute Gasteiger partial charge is 0.469 e. The average molecular weight is 262 g/mol. The molecule has 0 aliphatic heterocycles. The van der Waals surface area contributed by atoms with Crippen LogP contribution in [0.1, 0.15) is 20.8 Å². The van der Waals surface area contributed by atoms with Crippen LogP contribution in [-0.2, 0) is 19.1 Å². The van der Waals surface area contributed by atoms with Crippen LogP contribution in [0.25, 0.3) is 0 Å². The topological polar surface area (TPSA) is 93.1 Å². The lowest BCUT2D eigenvalue weighted by atomic mass is 9.64. The van der Waals surface area contributed by atoms with Crippen LogP contribution in [-0.4, -0.2) is 49.6 Å². The summed E-state index contributed by atoms with van der Waals surface area (Å²) in [6.45, 7) is 3.64. The highest BCUT2D eigenvalue weighted by atomic mass is 16.5. The lowest BCUT2D eigenvalue weighted by Gasteiger charge is -2.40. The molecule has 0 aliphatic carbocycles. The Morgan fingerprint density at radius 3 is 1.78 bits per heavy atom. The van der Waals surface area contributed by atoms with Crippen molar-refractivity contribution >= 4 is 11.9 Å². The minimum Gasteiger partial charge on any atom is -0.469 e. The summed E-state index contributed by atoms with van der Waals surface area (Å²) < 4.78 is 9.34. The molecule has 0 aromatic rings. The van der Waals surface area contributed by atoms with Crippen LogP contribution < -0.4 is 0 Å². The lowest BCUT2D eigenvalue weighted by molar-refractivity contribution is -0.175. The van der Waals surface area contributed by atoms with E-state index >= 15 is 0 Å². The molecule has 0 amide bonds. The maximum atomic E-state index is 11.9. The zero-order chi connectivity index (χ0) is 14.6. The van der Waals surface area contributed by atoms with Gasteiger partial charge in [0.05, 0.1) is 38.8 Å². The second-order valence-electron chi connectivity index (χ2n) is 5.14. The van der Waals surface area contributed by atoms with E-state index in [1.807, 2.05) is 0 Å². The predicted octanol–water partition coefficient (Wildman–Crippen LogP) is -0.0343. The van der Waals surface area contributed by atoms with E-state index in [0.717, 1.165) is 0 Å². The molecule has 0 rings (SSSR count). The van der Waals surface area contributed by atoms with Gasteiger partial charge in [-0.25, -0.2) is 0 Å². The Labute approximate surface area is 107 Å². The van der Waals surface area contributed by atoms with E-state index in [9.17, 15) is 19.8 Å². The van der Waals surface area contributed by atoms with Crippen molar-refractivity contribution in [3.8, 4) is 0 Å². The minimum absolute atomic E-state index is 0.455. The van der Waals surface area contributed by atoms with E-state index < -0.39 is 41.9 Å². The van der Waals surface area contributed by atoms with Gasteiger partial charge in [0.1, 0.15) is 0 Å². The summed E-state index contributed by atoms with van der Waals surface area (Å²) in [6, 6.07) is 0. The van der Waals surface area contributed by atoms with Crippen LogP contribution in [0.5, 0.6) is 0 Å². The zero-order valence-corrected chi connectivity index (χ0v) is 11.5. The van der Waals surface area contributed by atoms with E-state index in [1.165, 1.54) is 35.0 Å². The SMILES string of the molecule is COC(=O)C(C(C)(CO)CO)C(C)(C)C(=O)OC. The first-order chi connectivity index (χ1) is 8.21. The molecular formula is C12H22O6. The number of aliphatic hydroxyl groups is 2. The third-order valence-corrected chi connectivity index (χ3v) is 3.29. The highest BCUT2D eigenvalue weighted by Gasteiger charge is 2.52. The molecule has 0 aromatic carbocycles. The molecule has 0 aromatic heterocycles. The van der Waals surface area contributed by atoms with Gasteiger partial charge in [-0.05, 0) is 13.8 Å². The molecule has 0 saturated carbocycles. The molecule has 0 radical (unpaired) electrons. The minimum atomic E-state index is -1.22. The van der Waals surface area contributed by atoms with E-state index in [2.05, 4.69) is 9.47 Å². The monoisotopic (exact) mass is 262 g/mol. The van der Waals surface area contributed by atoms with Crippen molar-refractivity contribution in [2.75, 3.05) is 27.4 Å². The van der Waals surface area contributed by atoms with Crippen LogP contribution in [0.15, 0.2) is 0 Å². The van der Waals surface area contributed by atoms with E-state index in [-0.39, 0.29) is 0 Å². The third-order valence-electron chi connectivity index (χ3n) is 3.29. The van der Waals surface area contributed by atoms with Gasteiger partial charge in [0.15, 0.2) is 0 Å². The number of ether oxygens (including phenoxy) is 2. The van der Waals surface area contributed by atoms with Gasteiger partial charge in [-0.15, -0.1) is 0 Å². The Hall–Kier alpha value is -1.14. The number of hydrogen-bond donors (Lipinski definition) is 2. The fourth-order valence-corrected chi connectivity index (χ4v) is 2.18. The van der Waals surface area contributed by atoms with E-state index in [4.69, 9.17) is 0 Å².